The fourth-order valence-electron chi connectivity index (χ4n) is 2.46. The minimum absolute atomic E-state index is 0. The monoisotopic (exact) mass is 461 g/mol. The van der Waals surface area contributed by atoms with Crippen LogP contribution in [0.5, 0.6) is 0 Å². The van der Waals surface area contributed by atoms with Gasteiger partial charge in [0, 0.05) is 50.5 Å². The van der Waals surface area contributed by atoms with Crippen molar-refractivity contribution in [3.05, 3.63) is 18.5 Å². The van der Waals surface area contributed by atoms with Gasteiger partial charge in [0.25, 0.3) is 0 Å². The van der Waals surface area contributed by atoms with Gasteiger partial charge in [0.2, 0.25) is 11.9 Å². The van der Waals surface area contributed by atoms with E-state index in [2.05, 4.69) is 25.2 Å². The Hall–Kier alpha value is -1.65. The van der Waals surface area contributed by atoms with Crippen LogP contribution in [0, 0.1) is 0 Å². The first-order valence-corrected chi connectivity index (χ1v) is 8.23. The molecule has 1 aromatic rings. The van der Waals surface area contributed by atoms with E-state index < -0.39 is 0 Å². The van der Waals surface area contributed by atoms with Crippen molar-refractivity contribution < 1.29 is 4.79 Å². The van der Waals surface area contributed by atoms with E-state index in [1.165, 1.54) is 0 Å². The largest absolute Gasteiger partial charge is 0.370 e. The molecule has 1 saturated heterocycles. The molecule has 1 aliphatic rings. The third-order valence-corrected chi connectivity index (χ3v) is 3.58. The third kappa shape index (κ3) is 7.41. The number of carbonyl (C=O) groups excluding carboxylic acids is 1. The molecule has 1 amide bonds. The molecule has 3 N–H and O–H groups in total. The summed E-state index contributed by atoms with van der Waals surface area (Å²) < 4.78 is 0. The Morgan fingerprint density at radius 3 is 2.40 bits per heavy atom. The molecule has 0 aromatic carbocycles. The fourth-order valence-corrected chi connectivity index (χ4v) is 2.46. The molecular weight excluding hydrogens is 433 g/mol. The van der Waals surface area contributed by atoms with Crippen molar-refractivity contribution in [2.24, 2.45) is 10.7 Å². The van der Waals surface area contributed by atoms with E-state index in [1.807, 2.05) is 25.7 Å². The van der Waals surface area contributed by atoms with Crippen LogP contribution in [0.25, 0.3) is 0 Å². The van der Waals surface area contributed by atoms with Crippen LogP contribution in [0.3, 0.4) is 0 Å². The number of piperazine rings is 1. The molecule has 8 nitrogen and oxygen atoms in total. The van der Waals surface area contributed by atoms with Gasteiger partial charge in [-0.1, -0.05) is 0 Å². The molecule has 9 heteroatoms. The number of amides is 1. The van der Waals surface area contributed by atoms with E-state index in [0.717, 1.165) is 19.0 Å². The average molecular weight is 461 g/mol. The van der Waals surface area contributed by atoms with E-state index in [1.54, 1.807) is 18.5 Å². The van der Waals surface area contributed by atoms with E-state index in [4.69, 9.17) is 5.73 Å². The fraction of sp³-hybridized carbons (Fsp3) is 0.625. The van der Waals surface area contributed by atoms with E-state index in [-0.39, 0.29) is 35.4 Å². The minimum Gasteiger partial charge on any atom is -0.370 e. The van der Waals surface area contributed by atoms with Gasteiger partial charge in [0.15, 0.2) is 5.96 Å². The summed E-state index contributed by atoms with van der Waals surface area (Å²) >= 11 is 0. The summed E-state index contributed by atoms with van der Waals surface area (Å²) in [5.74, 6) is 1.20. The van der Waals surface area contributed by atoms with Crippen molar-refractivity contribution in [2.75, 3.05) is 37.6 Å². The number of aliphatic imine (C=N–C) groups is 1. The molecule has 0 radical (unpaired) electrons. The number of rotatable bonds is 4. The van der Waals surface area contributed by atoms with Crippen LogP contribution < -0.4 is 16.0 Å². The number of hydrogen-bond donors (Lipinski definition) is 2. The molecule has 2 rings (SSSR count). The summed E-state index contributed by atoms with van der Waals surface area (Å²) in [7, 11) is 0. The molecular formula is C16H28IN7O. The number of guanidine groups is 1. The lowest BCUT2D eigenvalue weighted by atomic mass is 10.1. The van der Waals surface area contributed by atoms with Crippen LogP contribution in [0.15, 0.2) is 23.5 Å². The zero-order valence-electron chi connectivity index (χ0n) is 15.1. The number of anilines is 1. The van der Waals surface area contributed by atoms with E-state index in [9.17, 15) is 4.79 Å². The first kappa shape index (κ1) is 21.4. The molecule has 1 aromatic heterocycles. The lowest BCUT2D eigenvalue weighted by molar-refractivity contribution is -0.131. The van der Waals surface area contributed by atoms with Gasteiger partial charge >= 0.3 is 0 Å². The van der Waals surface area contributed by atoms with Crippen LogP contribution in [0.1, 0.15) is 27.2 Å². The first-order chi connectivity index (χ1) is 11.3. The second-order valence-electron chi connectivity index (χ2n) is 6.81. The molecule has 25 heavy (non-hydrogen) atoms. The average Bonchev–Trinajstić information content (AvgIpc) is 2.54. The van der Waals surface area contributed by atoms with Crippen LogP contribution in [0.4, 0.5) is 5.95 Å². The van der Waals surface area contributed by atoms with Gasteiger partial charge in [-0.3, -0.25) is 9.79 Å². The number of aromatic nitrogens is 2. The first-order valence-electron chi connectivity index (χ1n) is 8.23. The molecule has 2 heterocycles. The Morgan fingerprint density at radius 1 is 1.24 bits per heavy atom. The van der Waals surface area contributed by atoms with E-state index >= 15 is 0 Å². The lowest BCUT2D eigenvalue weighted by Gasteiger charge is -2.34. The molecule has 0 spiro atoms. The normalized spacial score (nSPS) is 15.6. The Bertz CT molecular complexity index is 566. The lowest BCUT2D eigenvalue weighted by Crippen LogP contribution is -2.49. The van der Waals surface area contributed by atoms with Gasteiger partial charge in [0.05, 0.1) is 6.54 Å². The Morgan fingerprint density at radius 2 is 1.84 bits per heavy atom. The summed E-state index contributed by atoms with van der Waals surface area (Å²) in [4.78, 5) is 28.9. The highest BCUT2D eigenvalue weighted by Crippen LogP contribution is 2.10. The van der Waals surface area contributed by atoms with Gasteiger partial charge < -0.3 is 20.9 Å². The minimum atomic E-state index is -0.132. The summed E-state index contributed by atoms with van der Waals surface area (Å²) in [6, 6.07) is 1.80. The summed E-state index contributed by atoms with van der Waals surface area (Å²) in [5, 5.41) is 3.08. The van der Waals surface area contributed by atoms with Crippen molar-refractivity contribution in [2.45, 2.75) is 32.7 Å². The van der Waals surface area contributed by atoms with Crippen LogP contribution >= 0.6 is 24.0 Å². The maximum atomic E-state index is 12.3. The van der Waals surface area contributed by atoms with Crippen molar-refractivity contribution in [3.63, 3.8) is 0 Å². The maximum Gasteiger partial charge on any atom is 0.225 e. The molecule has 1 aliphatic heterocycles. The second-order valence-corrected chi connectivity index (χ2v) is 6.81. The molecule has 0 bridgehead atoms. The Balaban J connectivity index is 0.00000312. The molecule has 0 unspecified atom stereocenters. The molecule has 0 saturated carbocycles. The van der Waals surface area contributed by atoms with Crippen molar-refractivity contribution in [1.82, 2.24) is 20.2 Å². The molecule has 1 fully saturated rings. The number of halogens is 1. The van der Waals surface area contributed by atoms with Crippen LogP contribution in [-0.2, 0) is 4.79 Å². The van der Waals surface area contributed by atoms with Crippen LogP contribution in [-0.4, -0.2) is 65.0 Å². The SMILES string of the molecule is CC(C)(C)NC(N)=NCCC(=O)N1CCN(c2ncccn2)CC1.I. The number of nitrogens with one attached hydrogen (secondary N) is 1. The maximum absolute atomic E-state index is 12.3. The number of nitrogens with two attached hydrogens (primary N) is 1. The number of hydrogen-bond acceptors (Lipinski definition) is 5. The zero-order valence-corrected chi connectivity index (χ0v) is 17.4. The molecule has 0 aliphatic carbocycles. The zero-order chi connectivity index (χ0) is 17.6. The third-order valence-electron chi connectivity index (χ3n) is 3.58. The van der Waals surface area contributed by atoms with E-state index in [0.29, 0.717) is 32.0 Å². The van der Waals surface area contributed by atoms with Crippen molar-refractivity contribution in [3.8, 4) is 0 Å². The van der Waals surface area contributed by atoms with Gasteiger partial charge in [-0.25, -0.2) is 9.97 Å². The standard InChI is InChI=1S/C16H27N7O.HI/c1-16(2,3)21-14(17)18-8-5-13(24)22-9-11-23(12-10-22)15-19-6-4-7-20-15;/h4,6-7H,5,8-12H2,1-3H3,(H3,17,18,21);1H. The number of carbonyl (C=O) groups is 1. The smallest absolute Gasteiger partial charge is 0.225 e. The highest BCUT2D eigenvalue weighted by Gasteiger charge is 2.22. The molecule has 140 valence electrons. The van der Waals surface area contributed by atoms with Crippen molar-refractivity contribution in [1.29, 1.82) is 0 Å². The highest BCUT2D eigenvalue weighted by atomic mass is 127. The van der Waals surface area contributed by atoms with Gasteiger partial charge in [0.1, 0.15) is 0 Å². The summed E-state index contributed by atoms with van der Waals surface area (Å²) in [5.41, 5.74) is 5.67. The van der Waals surface area contributed by atoms with Gasteiger partial charge in [-0.05, 0) is 26.8 Å². The highest BCUT2D eigenvalue weighted by molar-refractivity contribution is 14.0. The van der Waals surface area contributed by atoms with Gasteiger partial charge in [-0.2, -0.15) is 0 Å². The summed E-state index contributed by atoms with van der Waals surface area (Å²) in [6.07, 6.45) is 3.83. The summed E-state index contributed by atoms with van der Waals surface area (Å²) in [6.45, 7) is 9.27. The number of nitrogens with zero attached hydrogens (tertiary/aromatic N) is 5. The van der Waals surface area contributed by atoms with Crippen LogP contribution in [0.2, 0.25) is 0 Å². The Labute approximate surface area is 166 Å². The quantitative estimate of drug-likeness (QED) is 0.392. The Kier molecular flexibility index (Phi) is 8.33. The predicted octanol–water partition coefficient (Wildman–Crippen LogP) is 0.836. The second kappa shape index (κ2) is 9.73. The predicted molar refractivity (Wildman–Crippen MR) is 110 cm³/mol. The van der Waals surface area contributed by atoms with Crippen molar-refractivity contribution >= 4 is 41.8 Å². The van der Waals surface area contributed by atoms with Gasteiger partial charge in [-0.15, -0.1) is 24.0 Å². The molecule has 0 atom stereocenters. The topological polar surface area (TPSA) is 99.7 Å².